The maximum Gasteiger partial charge on any atom is 0.299 e. The smallest absolute Gasteiger partial charge is 0.299 e. The lowest BCUT2D eigenvalue weighted by Crippen LogP contribution is -2.33. The standard InChI is InChI=1S/C15H17NO3/c1-19-11-6-7-12-13(8-11)16(15(18)14(12)17)9-10-4-2-3-5-10/h6-8,10H,2-5,9H2,1H3. The van der Waals surface area contributed by atoms with Gasteiger partial charge in [-0.25, -0.2) is 0 Å². The predicted octanol–water partition coefficient (Wildman–Crippen LogP) is 2.41. The van der Waals surface area contributed by atoms with Crippen LogP contribution >= 0.6 is 0 Å². The average Bonchev–Trinajstić information content (AvgIpc) is 3.02. The molecule has 4 heteroatoms. The van der Waals surface area contributed by atoms with E-state index in [1.54, 1.807) is 30.2 Å². The zero-order valence-electron chi connectivity index (χ0n) is 11.0. The number of rotatable bonds is 3. The van der Waals surface area contributed by atoms with Crippen LogP contribution < -0.4 is 9.64 Å². The summed E-state index contributed by atoms with van der Waals surface area (Å²) in [7, 11) is 1.58. The molecule has 1 aromatic rings. The van der Waals surface area contributed by atoms with E-state index < -0.39 is 11.7 Å². The lowest BCUT2D eigenvalue weighted by Gasteiger charge is -2.20. The molecule has 1 aliphatic carbocycles. The summed E-state index contributed by atoms with van der Waals surface area (Å²) in [4.78, 5) is 25.7. The van der Waals surface area contributed by atoms with E-state index >= 15 is 0 Å². The first kappa shape index (κ1) is 12.2. The molecule has 3 rings (SSSR count). The van der Waals surface area contributed by atoms with E-state index in [1.807, 2.05) is 0 Å². The second kappa shape index (κ2) is 4.68. The van der Waals surface area contributed by atoms with Gasteiger partial charge in [-0.15, -0.1) is 0 Å². The van der Waals surface area contributed by atoms with Crippen LogP contribution in [-0.4, -0.2) is 25.3 Å². The maximum atomic E-state index is 12.1. The zero-order chi connectivity index (χ0) is 13.4. The minimum Gasteiger partial charge on any atom is -0.497 e. The van der Waals surface area contributed by atoms with Crippen molar-refractivity contribution < 1.29 is 14.3 Å². The monoisotopic (exact) mass is 259 g/mol. The van der Waals surface area contributed by atoms with Gasteiger partial charge in [0.15, 0.2) is 0 Å². The number of Topliss-reactive ketones (excluding diaryl/α,β-unsaturated/α-hetero) is 1. The van der Waals surface area contributed by atoms with E-state index in [2.05, 4.69) is 0 Å². The van der Waals surface area contributed by atoms with E-state index in [1.165, 1.54) is 12.8 Å². The van der Waals surface area contributed by atoms with E-state index in [0.29, 0.717) is 29.5 Å². The van der Waals surface area contributed by atoms with Gasteiger partial charge in [0.05, 0.1) is 18.4 Å². The molecule has 0 saturated heterocycles. The Balaban J connectivity index is 1.92. The normalized spacial score (nSPS) is 19.1. The van der Waals surface area contributed by atoms with Crippen LogP contribution in [0.4, 0.5) is 5.69 Å². The summed E-state index contributed by atoms with van der Waals surface area (Å²) >= 11 is 0. The highest BCUT2D eigenvalue weighted by atomic mass is 16.5. The molecule has 2 aliphatic rings. The van der Waals surface area contributed by atoms with E-state index in [0.717, 1.165) is 12.8 Å². The van der Waals surface area contributed by atoms with Gasteiger partial charge in [0, 0.05) is 12.6 Å². The van der Waals surface area contributed by atoms with Gasteiger partial charge >= 0.3 is 0 Å². The number of ether oxygens (including phenoxy) is 1. The van der Waals surface area contributed by atoms with Crippen LogP contribution in [0, 0.1) is 5.92 Å². The molecule has 1 fully saturated rings. The van der Waals surface area contributed by atoms with Crippen molar-refractivity contribution in [1.82, 2.24) is 0 Å². The molecule has 0 radical (unpaired) electrons. The Labute approximate surface area is 112 Å². The second-order valence-electron chi connectivity index (χ2n) is 5.28. The highest BCUT2D eigenvalue weighted by Crippen LogP contribution is 2.35. The quantitative estimate of drug-likeness (QED) is 0.783. The molecule has 1 aromatic carbocycles. The minimum absolute atomic E-state index is 0.393. The van der Waals surface area contributed by atoms with Gasteiger partial charge in [0.25, 0.3) is 11.7 Å². The zero-order valence-corrected chi connectivity index (χ0v) is 11.0. The van der Waals surface area contributed by atoms with Gasteiger partial charge in [-0.05, 0) is 30.9 Å². The molecule has 1 saturated carbocycles. The molecule has 0 N–H and O–H groups in total. The van der Waals surface area contributed by atoms with Crippen molar-refractivity contribution in [3.8, 4) is 5.75 Å². The third-order valence-electron chi connectivity index (χ3n) is 4.10. The Morgan fingerprint density at radius 1 is 1.26 bits per heavy atom. The minimum atomic E-state index is -0.393. The molecule has 0 atom stereocenters. The Morgan fingerprint density at radius 3 is 2.68 bits per heavy atom. The van der Waals surface area contributed by atoms with Crippen molar-refractivity contribution in [2.45, 2.75) is 25.7 Å². The molecule has 1 aliphatic heterocycles. The third kappa shape index (κ3) is 2.01. The van der Waals surface area contributed by atoms with Crippen molar-refractivity contribution in [3.05, 3.63) is 23.8 Å². The second-order valence-corrected chi connectivity index (χ2v) is 5.28. The lowest BCUT2D eigenvalue weighted by molar-refractivity contribution is -0.114. The summed E-state index contributed by atoms with van der Waals surface area (Å²) in [5.74, 6) is 0.414. The number of hydrogen-bond acceptors (Lipinski definition) is 3. The van der Waals surface area contributed by atoms with Crippen LogP contribution in [-0.2, 0) is 4.79 Å². The van der Waals surface area contributed by atoms with Crippen molar-refractivity contribution in [2.24, 2.45) is 5.92 Å². The summed E-state index contributed by atoms with van der Waals surface area (Å²) in [6.45, 7) is 0.657. The highest BCUT2D eigenvalue weighted by molar-refractivity contribution is 6.52. The molecule has 0 spiro atoms. The van der Waals surface area contributed by atoms with Crippen LogP contribution in [0.25, 0.3) is 0 Å². The summed E-state index contributed by atoms with van der Waals surface area (Å²) in [5.41, 5.74) is 1.21. The van der Waals surface area contributed by atoms with Crippen molar-refractivity contribution in [1.29, 1.82) is 0 Å². The van der Waals surface area contributed by atoms with Gasteiger partial charge in [-0.2, -0.15) is 0 Å². The Morgan fingerprint density at radius 2 is 2.00 bits per heavy atom. The molecule has 19 heavy (non-hydrogen) atoms. The van der Waals surface area contributed by atoms with Crippen molar-refractivity contribution >= 4 is 17.4 Å². The number of hydrogen-bond donors (Lipinski definition) is 0. The molecule has 0 aromatic heterocycles. The third-order valence-corrected chi connectivity index (χ3v) is 4.10. The van der Waals surface area contributed by atoms with Crippen LogP contribution in [0.2, 0.25) is 0 Å². The van der Waals surface area contributed by atoms with Crippen LogP contribution in [0.5, 0.6) is 5.75 Å². The number of carbonyl (C=O) groups excluding carboxylic acids is 2. The first-order valence-electron chi connectivity index (χ1n) is 6.75. The number of fused-ring (bicyclic) bond motifs is 1. The Bertz CT molecular complexity index is 532. The fourth-order valence-electron chi connectivity index (χ4n) is 3.03. The fraction of sp³-hybridized carbons (Fsp3) is 0.467. The Hall–Kier alpha value is -1.84. The maximum absolute atomic E-state index is 12.1. The molecular weight excluding hydrogens is 242 g/mol. The van der Waals surface area contributed by atoms with Crippen molar-refractivity contribution in [2.75, 3.05) is 18.6 Å². The lowest BCUT2D eigenvalue weighted by atomic mass is 10.1. The van der Waals surface area contributed by atoms with Crippen molar-refractivity contribution in [3.63, 3.8) is 0 Å². The summed E-state index contributed by atoms with van der Waals surface area (Å²) < 4.78 is 5.18. The summed E-state index contributed by atoms with van der Waals surface area (Å²) in [6.07, 6.45) is 4.76. The molecule has 0 unspecified atom stereocenters. The Kier molecular flexibility index (Phi) is 3.01. The highest BCUT2D eigenvalue weighted by Gasteiger charge is 2.37. The number of anilines is 1. The van der Waals surface area contributed by atoms with Gasteiger partial charge < -0.3 is 9.64 Å². The molecule has 0 bridgehead atoms. The van der Waals surface area contributed by atoms with Gasteiger partial charge in [0.1, 0.15) is 5.75 Å². The average molecular weight is 259 g/mol. The van der Waals surface area contributed by atoms with E-state index in [-0.39, 0.29) is 0 Å². The van der Waals surface area contributed by atoms with E-state index in [4.69, 9.17) is 4.74 Å². The van der Waals surface area contributed by atoms with Crippen LogP contribution in [0.3, 0.4) is 0 Å². The first-order chi connectivity index (χ1) is 9.20. The number of ketones is 1. The number of carbonyl (C=O) groups is 2. The van der Waals surface area contributed by atoms with Gasteiger partial charge in [0.2, 0.25) is 0 Å². The predicted molar refractivity (Wildman–Crippen MR) is 71.6 cm³/mol. The molecule has 1 amide bonds. The summed E-state index contributed by atoms with van der Waals surface area (Å²) in [5, 5.41) is 0. The van der Waals surface area contributed by atoms with Crippen LogP contribution in [0.15, 0.2) is 18.2 Å². The fourth-order valence-corrected chi connectivity index (χ4v) is 3.03. The first-order valence-corrected chi connectivity index (χ1v) is 6.75. The number of benzene rings is 1. The van der Waals surface area contributed by atoms with E-state index in [9.17, 15) is 9.59 Å². The topological polar surface area (TPSA) is 46.6 Å². The van der Waals surface area contributed by atoms with Crippen LogP contribution in [0.1, 0.15) is 36.0 Å². The SMILES string of the molecule is COc1ccc2c(c1)N(CC1CCCC1)C(=O)C2=O. The number of methoxy groups -OCH3 is 1. The number of nitrogens with zero attached hydrogens (tertiary/aromatic N) is 1. The number of amides is 1. The molecule has 100 valence electrons. The molecular formula is C15H17NO3. The van der Waals surface area contributed by atoms with Gasteiger partial charge in [-0.3, -0.25) is 9.59 Å². The largest absolute Gasteiger partial charge is 0.497 e. The summed E-state index contributed by atoms with van der Waals surface area (Å²) in [6, 6.07) is 5.19. The molecule has 4 nitrogen and oxygen atoms in total. The van der Waals surface area contributed by atoms with Gasteiger partial charge in [-0.1, -0.05) is 12.8 Å². The molecule has 1 heterocycles.